The summed E-state index contributed by atoms with van der Waals surface area (Å²) < 4.78 is 0. The second kappa shape index (κ2) is 6.60. The third-order valence-electron chi connectivity index (χ3n) is 3.54. The van der Waals surface area contributed by atoms with Gasteiger partial charge in [-0.05, 0) is 49.1 Å². The highest BCUT2D eigenvalue weighted by Gasteiger charge is 2.23. The average molecular weight is 302 g/mol. The third kappa shape index (κ3) is 4.37. The summed E-state index contributed by atoms with van der Waals surface area (Å²) in [5.41, 5.74) is 1.04. The van der Waals surface area contributed by atoms with Crippen LogP contribution in [0.2, 0.25) is 10.0 Å². The topological polar surface area (TPSA) is 40.5 Å². The molecule has 0 spiro atoms. The number of carbonyl (C=O) groups is 1. The van der Waals surface area contributed by atoms with E-state index in [-0.39, 0.29) is 6.42 Å². The van der Waals surface area contributed by atoms with Gasteiger partial charge in [0.15, 0.2) is 0 Å². The molecule has 1 aliphatic heterocycles. The Labute approximate surface area is 123 Å². The second-order valence-electron chi connectivity index (χ2n) is 5.06. The van der Waals surface area contributed by atoms with Crippen LogP contribution in [0.1, 0.15) is 24.8 Å². The van der Waals surface area contributed by atoms with Gasteiger partial charge in [-0.25, -0.2) is 0 Å². The summed E-state index contributed by atoms with van der Waals surface area (Å²) in [6, 6.07) is 5.50. The van der Waals surface area contributed by atoms with Crippen molar-refractivity contribution in [2.24, 2.45) is 5.92 Å². The SMILES string of the molecule is O=C(O)CCC1CCN(Cc2cc(Cl)ccc2Cl)C1. The maximum atomic E-state index is 10.6. The van der Waals surface area contributed by atoms with E-state index in [0.29, 0.717) is 10.9 Å². The van der Waals surface area contributed by atoms with Crippen molar-refractivity contribution < 1.29 is 9.90 Å². The molecule has 2 rings (SSSR count). The molecule has 1 unspecified atom stereocenters. The minimum absolute atomic E-state index is 0.260. The molecule has 0 aromatic heterocycles. The molecule has 3 nitrogen and oxygen atoms in total. The number of likely N-dealkylation sites (tertiary alicyclic amines) is 1. The highest BCUT2D eigenvalue weighted by molar-refractivity contribution is 6.33. The van der Waals surface area contributed by atoms with Gasteiger partial charge in [0, 0.05) is 29.6 Å². The van der Waals surface area contributed by atoms with Crippen molar-refractivity contribution in [1.29, 1.82) is 0 Å². The number of carboxylic acid groups (broad SMARTS) is 1. The quantitative estimate of drug-likeness (QED) is 0.902. The van der Waals surface area contributed by atoms with Gasteiger partial charge >= 0.3 is 5.97 Å². The van der Waals surface area contributed by atoms with E-state index in [1.807, 2.05) is 12.1 Å². The Morgan fingerprint density at radius 3 is 2.95 bits per heavy atom. The van der Waals surface area contributed by atoms with Gasteiger partial charge in [-0.15, -0.1) is 0 Å². The minimum atomic E-state index is -0.712. The second-order valence-corrected chi connectivity index (χ2v) is 5.90. The van der Waals surface area contributed by atoms with Crippen LogP contribution in [-0.4, -0.2) is 29.1 Å². The zero-order chi connectivity index (χ0) is 13.8. The minimum Gasteiger partial charge on any atom is -0.481 e. The number of hydrogen-bond donors (Lipinski definition) is 1. The van der Waals surface area contributed by atoms with E-state index >= 15 is 0 Å². The fourth-order valence-electron chi connectivity index (χ4n) is 2.53. The van der Waals surface area contributed by atoms with Gasteiger partial charge in [0.25, 0.3) is 0 Å². The first-order valence-corrected chi connectivity index (χ1v) is 7.18. The van der Waals surface area contributed by atoms with Crippen molar-refractivity contribution in [3.63, 3.8) is 0 Å². The fraction of sp³-hybridized carbons (Fsp3) is 0.500. The Bertz CT molecular complexity index is 465. The van der Waals surface area contributed by atoms with Gasteiger partial charge in [0.2, 0.25) is 0 Å². The van der Waals surface area contributed by atoms with Gasteiger partial charge in [-0.1, -0.05) is 23.2 Å². The lowest BCUT2D eigenvalue weighted by Gasteiger charge is -2.17. The van der Waals surface area contributed by atoms with Crippen molar-refractivity contribution in [3.8, 4) is 0 Å². The summed E-state index contributed by atoms with van der Waals surface area (Å²) >= 11 is 12.1. The Balaban J connectivity index is 1.87. The van der Waals surface area contributed by atoms with Crippen LogP contribution < -0.4 is 0 Å². The highest BCUT2D eigenvalue weighted by Crippen LogP contribution is 2.26. The fourth-order valence-corrected chi connectivity index (χ4v) is 2.90. The van der Waals surface area contributed by atoms with Crippen LogP contribution in [0.4, 0.5) is 0 Å². The van der Waals surface area contributed by atoms with Gasteiger partial charge in [0.1, 0.15) is 0 Å². The van der Waals surface area contributed by atoms with E-state index in [0.717, 1.165) is 43.1 Å². The van der Waals surface area contributed by atoms with Gasteiger partial charge in [-0.2, -0.15) is 0 Å². The summed E-state index contributed by atoms with van der Waals surface area (Å²) in [6.45, 7) is 2.71. The van der Waals surface area contributed by atoms with Crippen LogP contribution in [0.5, 0.6) is 0 Å². The predicted octanol–water partition coefficient (Wildman–Crippen LogP) is 3.68. The van der Waals surface area contributed by atoms with E-state index in [4.69, 9.17) is 28.3 Å². The Morgan fingerprint density at radius 2 is 2.21 bits per heavy atom. The van der Waals surface area contributed by atoms with Gasteiger partial charge in [-0.3, -0.25) is 9.69 Å². The molecule has 1 N–H and O–H groups in total. The van der Waals surface area contributed by atoms with Crippen LogP contribution in [0, 0.1) is 5.92 Å². The van der Waals surface area contributed by atoms with E-state index in [2.05, 4.69) is 4.90 Å². The molecular formula is C14H17Cl2NO2. The van der Waals surface area contributed by atoms with Crippen LogP contribution in [0.3, 0.4) is 0 Å². The number of nitrogens with zero attached hydrogens (tertiary/aromatic N) is 1. The van der Waals surface area contributed by atoms with Crippen molar-refractivity contribution in [2.75, 3.05) is 13.1 Å². The number of carboxylic acids is 1. The molecule has 19 heavy (non-hydrogen) atoms. The smallest absolute Gasteiger partial charge is 0.303 e. The first-order chi connectivity index (χ1) is 9.04. The molecule has 1 aliphatic rings. The Hall–Kier alpha value is -0.770. The molecule has 1 saturated heterocycles. The zero-order valence-electron chi connectivity index (χ0n) is 10.6. The van der Waals surface area contributed by atoms with E-state index in [1.165, 1.54) is 0 Å². The first kappa shape index (κ1) is 14.6. The predicted molar refractivity (Wildman–Crippen MR) is 76.7 cm³/mol. The molecule has 0 aliphatic carbocycles. The Kier molecular flexibility index (Phi) is 5.08. The first-order valence-electron chi connectivity index (χ1n) is 6.42. The lowest BCUT2D eigenvalue weighted by atomic mass is 10.0. The number of hydrogen-bond acceptors (Lipinski definition) is 2. The molecule has 1 fully saturated rings. The van der Waals surface area contributed by atoms with E-state index < -0.39 is 5.97 Å². The number of benzene rings is 1. The van der Waals surface area contributed by atoms with Crippen LogP contribution in [-0.2, 0) is 11.3 Å². The maximum Gasteiger partial charge on any atom is 0.303 e. The van der Waals surface area contributed by atoms with Crippen LogP contribution in [0.15, 0.2) is 18.2 Å². The standard InChI is InChI=1S/C14H17Cl2NO2/c15-12-2-3-13(16)11(7-12)9-17-6-5-10(8-17)1-4-14(18)19/h2-3,7,10H,1,4-6,8-9H2,(H,18,19). The molecule has 104 valence electrons. The van der Waals surface area contributed by atoms with Crippen LogP contribution in [0.25, 0.3) is 0 Å². The highest BCUT2D eigenvalue weighted by atomic mass is 35.5. The van der Waals surface area contributed by atoms with E-state index in [9.17, 15) is 4.79 Å². The lowest BCUT2D eigenvalue weighted by Crippen LogP contribution is -2.20. The molecule has 0 amide bonds. The number of rotatable bonds is 5. The molecule has 1 aromatic rings. The normalized spacial score (nSPS) is 19.8. The molecule has 1 aromatic carbocycles. The summed E-state index contributed by atoms with van der Waals surface area (Å²) in [6.07, 6.45) is 2.08. The van der Waals surface area contributed by atoms with Crippen LogP contribution >= 0.6 is 23.2 Å². The van der Waals surface area contributed by atoms with E-state index in [1.54, 1.807) is 6.07 Å². The third-order valence-corrected chi connectivity index (χ3v) is 4.14. The average Bonchev–Trinajstić information content (AvgIpc) is 2.79. The number of aliphatic carboxylic acids is 1. The summed E-state index contributed by atoms with van der Waals surface area (Å²) in [5.74, 6) is -0.231. The zero-order valence-corrected chi connectivity index (χ0v) is 12.1. The lowest BCUT2D eigenvalue weighted by molar-refractivity contribution is -0.137. The van der Waals surface area contributed by atoms with Crippen molar-refractivity contribution in [1.82, 2.24) is 4.90 Å². The molecular weight excluding hydrogens is 285 g/mol. The monoisotopic (exact) mass is 301 g/mol. The van der Waals surface area contributed by atoms with Crippen molar-refractivity contribution in [2.45, 2.75) is 25.8 Å². The largest absolute Gasteiger partial charge is 0.481 e. The number of halogens is 2. The van der Waals surface area contributed by atoms with Crippen molar-refractivity contribution in [3.05, 3.63) is 33.8 Å². The summed E-state index contributed by atoms with van der Waals surface area (Å²) in [7, 11) is 0. The Morgan fingerprint density at radius 1 is 1.42 bits per heavy atom. The van der Waals surface area contributed by atoms with Crippen molar-refractivity contribution >= 4 is 29.2 Å². The molecule has 0 saturated carbocycles. The summed E-state index contributed by atoms with van der Waals surface area (Å²) in [5, 5.41) is 10.1. The molecule has 0 radical (unpaired) electrons. The molecule has 1 atom stereocenters. The summed E-state index contributed by atoms with van der Waals surface area (Å²) in [4.78, 5) is 12.9. The van der Waals surface area contributed by atoms with Gasteiger partial charge in [0.05, 0.1) is 0 Å². The van der Waals surface area contributed by atoms with Gasteiger partial charge < -0.3 is 5.11 Å². The maximum absolute atomic E-state index is 10.6. The molecule has 1 heterocycles. The molecule has 0 bridgehead atoms. The molecule has 5 heteroatoms.